The molecule has 2 aliphatic rings. The molecule has 0 radical (unpaired) electrons. The molecule has 2 fully saturated rings. The fourth-order valence-electron chi connectivity index (χ4n) is 3.34. The van der Waals surface area contributed by atoms with Gasteiger partial charge < -0.3 is 20.1 Å². The third kappa shape index (κ3) is 4.98. The lowest BCUT2D eigenvalue weighted by molar-refractivity contribution is -0.129. The average molecular weight is 391 g/mol. The van der Waals surface area contributed by atoms with E-state index >= 15 is 0 Å². The summed E-state index contributed by atoms with van der Waals surface area (Å²) in [6.45, 7) is 0.144. The molecule has 1 saturated heterocycles. The highest BCUT2D eigenvalue weighted by molar-refractivity contribution is 5.85. The van der Waals surface area contributed by atoms with E-state index in [2.05, 4.69) is 4.74 Å². The van der Waals surface area contributed by atoms with E-state index < -0.39 is 6.61 Å². The van der Waals surface area contributed by atoms with Crippen LogP contribution < -0.4 is 15.2 Å². The number of rotatable bonds is 7. The molecule has 1 aromatic carbocycles. The first-order chi connectivity index (χ1) is 12.0. The van der Waals surface area contributed by atoms with Crippen molar-refractivity contribution in [2.45, 2.75) is 44.8 Å². The van der Waals surface area contributed by atoms with Gasteiger partial charge in [-0.15, -0.1) is 12.4 Å². The zero-order chi connectivity index (χ0) is 18.0. The number of carbonyl (C=O) groups is 1. The second kappa shape index (κ2) is 8.86. The van der Waals surface area contributed by atoms with Crippen LogP contribution in [0.2, 0.25) is 0 Å². The van der Waals surface area contributed by atoms with Crippen molar-refractivity contribution in [3.05, 3.63) is 23.8 Å². The quantitative estimate of drug-likeness (QED) is 0.776. The van der Waals surface area contributed by atoms with Gasteiger partial charge in [0, 0.05) is 32.0 Å². The highest BCUT2D eigenvalue weighted by Gasteiger charge is 2.34. The molecule has 5 nitrogen and oxygen atoms in total. The zero-order valence-electron chi connectivity index (χ0n) is 14.7. The van der Waals surface area contributed by atoms with Crippen molar-refractivity contribution in [1.82, 2.24) is 4.90 Å². The number of carbonyl (C=O) groups excluding carboxylic acids is 1. The fourth-order valence-corrected chi connectivity index (χ4v) is 3.34. The average Bonchev–Trinajstić information content (AvgIpc) is 3.29. The Labute approximate surface area is 158 Å². The third-order valence-corrected chi connectivity index (χ3v) is 4.92. The fraction of sp³-hybridized carbons (Fsp3) is 0.611. The van der Waals surface area contributed by atoms with Crippen molar-refractivity contribution in [3.8, 4) is 11.5 Å². The first-order valence-electron chi connectivity index (χ1n) is 8.66. The van der Waals surface area contributed by atoms with Crippen LogP contribution in [0.5, 0.6) is 11.5 Å². The number of hydrogen-bond donors (Lipinski definition) is 1. The third-order valence-electron chi connectivity index (χ3n) is 4.92. The standard InChI is InChI=1S/C18H24F2N2O3.ClH/c1-11(23)22-9-14(6-15(22)8-21)13-4-5-16(25-18(19)20)17(7-13)24-10-12-2-3-12;/h4-5,7,12,14-15,18H,2-3,6,8-10,21H2,1H3;1H/t14-,15-;/m1./s1. The van der Waals surface area contributed by atoms with Gasteiger partial charge in [-0.1, -0.05) is 6.07 Å². The molecule has 26 heavy (non-hydrogen) atoms. The molecule has 1 amide bonds. The van der Waals surface area contributed by atoms with E-state index in [9.17, 15) is 13.6 Å². The molecule has 8 heteroatoms. The minimum absolute atomic E-state index is 0. The van der Waals surface area contributed by atoms with Crippen LogP contribution in [0.25, 0.3) is 0 Å². The second-order valence-corrected chi connectivity index (χ2v) is 6.83. The van der Waals surface area contributed by atoms with E-state index in [4.69, 9.17) is 10.5 Å². The van der Waals surface area contributed by atoms with Gasteiger partial charge in [-0.2, -0.15) is 8.78 Å². The smallest absolute Gasteiger partial charge is 0.387 e. The van der Waals surface area contributed by atoms with Gasteiger partial charge in [-0.3, -0.25) is 4.79 Å². The van der Waals surface area contributed by atoms with Gasteiger partial charge in [0.15, 0.2) is 11.5 Å². The van der Waals surface area contributed by atoms with Gasteiger partial charge in [0.25, 0.3) is 0 Å². The second-order valence-electron chi connectivity index (χ2n) is 6.83. The Morgan fingerprint density at radius 3 is 2.62 bits per heavy atom. The number of amides is 1. The number of nitrogens with two attached hydrogens (primary N) is 1. The Bertz CT molecular complexity index is 628. The van der Waals surface area contributed by atoms with Crippen LogP contribution in [0.3, 0.4) is 0 Å². The Morgan fingerprint density at radius 2 is 2.08 bits per heavy atom. The summed E-state index contributed by atoms with van der Waals surface area (Å²) in [5.74, 6) is 1.01. The number of ether oxygens (including phenoxy) is 2. The highest BCUT2D eigenvalue weighted by Crippen LogP contribution is 2.38. The van der Waals surface area contributed by atoms with E-state index in [0.29, 0.717) is 31.4 Å². The molecular formula is C18H25ClF2N2O3. The lowest BCUT2D eigenvalue weighted by atomic mass is 9.96. The number of nitrogens with zero attached hydrogens (tertiary/aromatic N) is 1. The van der Waals surface area contributed by atoms with Crippen LogP contribution in [0.15, 0.2) is 18.2 Å². The highest BCUT2D eigenvalue weighted by atomic mass is 35.5. The van der Waals surface area contributed by atoms with E-state index in [1.165, 1.54) is 13.0 Å². The molecule has 1 saturated carbocycles. The molecule has 2 N–H and O–H groups in total. The molecule has 0 aromatic heterocycles. The minimum Gasteiger partial charge on any atom is -0.489 e. The van der Waals surface area contributed by atoms with E-state index in [0.717, 1.165) is 24.8 Å². The molecular weight excluding hydrogens is 366 g/mol. The summed E-state index contributed by atoms with van der Waals surface area (Å²) in [6, 6.07) is 5.07. The van der Waals surface area contributed by atoms with Gasteiger partial charge in [0.05, 0.1) is 6.61 Å². The summed E-state index contributed by atoms with van der Waals surface area (Å²) in [4.78, 5) is 13.5. The van der Waals surface area contributed by atoms with Crippen LogP contribution in [-0.4, -0.2) is 43.2 Å². The maximum atomic E-state index is 12.6. The van der Waals surface area contributed by atoms with E-state index in [1.807, 2.05) is 0 Å². The molecule has 0 unspecified atom stereocenters. The molecule has 146 valence electrons. The Morgan fingerprint density at radius 1 is 1.35 bits per heavy atom. The van der Waals surface area contributed by atoms with Gasteiger partial charge in [0.1, 0.15) is 0 Å². The van der Waals surface area contributed by atoms with Gasteiger partial charge in [-0.05, 0) is 42.9 Å². The van der Waals surface area contributed by atoms with Crippen molar-refractivity contribution in [2.24, 2.45) is 11.7 Å². The summed E-state index contributed by atoms with van der Waals surface area (Å²) in [5, 5.41) is 0. The minimum atomic E-state index is -2.89. The van der Waals surface area contributed by atoms with Crippen LogP contribution in [-0.2, 0) is 4.79 Å². The van der Waals surface area contributed by atoms with Crippen molar-refractivity contribution in [1.29, 1.82) is 0 Å². The molecule has 1 heterocycles. The number of benzene rings is 1. The lowest BCUT2D eigenvalue weighted by Gasteiger charge is -2.21. The Hall–Kier alpha value is -1.60. The Kier molecular flexibility index (Phi) is 7.06. The predicted octanol–water partition coefficient (Wildman–Crippen LogP) is 3.16. The van der Waals surface area contributed by atoms with E-state index in [1.54, 1.807) is 17.0 Å². The van der Waals surface area contributed by atoms with Gasteiger partial charge in [-0.25, -0.2) is 0 Å². The summed E-state index contributed by atoms with van der Waals surface area (Å²) in [7, 11) is 0. The maximum absolute atomic E-state index is 12.6. The number of likely N-dealkylation sites (tertiary alicyclic amines) is 1. The van der Waals surface area contributed by atoms with Crippen molar-refractivity contribution < 1.29 is 23.0 Å². The monoisotopic (exact) mass is 390 g/mol. The normalized spacial score (nSPS) is 22.3. The van der Waals surface area contributed by atoms with Crippen molar-refractivity contribution >= 4 is 18.3 Å². The van der Waals surface area contributed by atoms with Crippen molar-refractivity contribution in [2.75, 3.05) is 19.7 Å². The van der Waals surface area contributed by atoms with E-state index in [-0.39, 0.29) is 36.0 Å². The number of halogens is 3. The summed E-state index contributed by atoms with van der Waals surface area (Å²) in [6.07, 6.45) is 2.98. The maximum Gasteiger partial charge on any atom is 0.387 e. The Balaban J connectivity index is 0.00000243. The largest absolute Gasteiger partial charge is 0.489 e. The summed E-state index contributed by atoms with van der Waals surface area (Å²) < 4.78 is 35.5. The van der Waals surface area contributed by atoms with Crippen LogP contribution in [0.1, 0.15) is 37.7 Å². The van der Waals surface area contributed by atoms with Crippen LogP contribution in [0, 0.1) is 5.92 Å². The SMILES string of the molecule is CC(=O)N1C[C@H](c2ccc(OC(F)F)c(OCC3CC3)c2)C[C@@H]1CN.Cl. The zero-order valence-corrected chi connectivity index (χ0v) is 15.5. The molecule has 1 aliphatic heterocycles. The van der Waals surface area contributed by atoms with Crippen molar-refractivity contribution in [3.63, 3.8) is 0 Å². The molecule has 3 rings (SSSR count). The summed E-state index contributed by atoms with van der Waals surface area (Å²) in [5.41, 5.74) is 6.73. The topological polar surface area (TPSA) is 64.8 Å². The molecule has 2 atom stereocenters. The molecule has 0 spiro atoms. The van der Waals surface area contributed by atoms with Crippen LogP contribution in [0.4, 0.5) is 8.78 Å². The molecule has 1 aromatic rings. The number of alkyl halides is 2. The van der Waals surface area contributed by atoms with Crippen LogP contribution >= 0.6 is 12.4 Å². The lowest BCUT2D eigenvalue weighted by Crippen LogP contribution is -2.38. The van der Waals surface area contributed by atoms with Gasteiger partial charge in [0.2, 0.25) is 5.91 Å². The predicted molar refractivity (Wildman–Crippen MR) is 96.1 cm³/mol. The number of hydrogen-bond acceptors (Lipinski definition) is 4. The first-order valence-corrected chi connectivity index (χ1v) is 8.66. The molecule has 0 bridgehead atoms. The van der Waals surface area contributed by atoms with Gasteiger partial charge >= 0.3 is 6.61 Å². The first kappa shape index (κ1) is 20.7. The molecule has 1 aliphatic carbocycles. The summed E-state index contributed by atoms with van der Waals surface area (Å²) >= 11 is 0.